The average molecular weight is 275 g/mol. The molecule has 5 heteroatoms. The smallest absolute Gasteiger partial charge is 0.258 e. The van der Waals surface area contributed by atoms with Gasteiger partial charge >= 0.3 is 0 Å². The van der Waals surface area contributed by atoms with Gasteiger partial charge in [-0.25, -0.2) is 0 Å². The van der Waals surface area contributed by atoms with Crippen LogP contribution < -0.4 is 15.4 Å². The molecule has 0 aliphatic heterocycles. The summed E-state index contributed by atoms with van der Waals surface area (Å²) in [5.41, 5.74) is 1.02. The Morgan fingerprint density at radius 2 is 2.20 bits per heavy atom. The fourth-order valence-electron chi connectivity index (χ4n) is 1.77. The number of para-hydroxylation sites is 1. The molecule has 20 heavy (non-hydrogen) atoms. The number of amides is 1. The third-order valence-corrected chi connectivity index (χ3v) is 2.81. The van der Waals surface area contributed by atoms with E-state index in [0.29, 0.717) is 5.75 Å². The van der Waals surface area contributed by atoms with E-state index >= 15 is 0 Å². The van der Waals surface area contributed by atoms with E-state index in [0.717, 1.165) is 18.5 Å². The van der Waals surface area contributed by atoms with Gasteiger partial charge in [-0.15, -0.1) is 0 Å². The zero-order valence-corrected chi connectivity index (χ0v) is 12.0. The Labute approximate surface area is 119 Å². The van der Waals surface area contributed by atoms with Gasteiger partial charge in [0.15, 0.2) is 6.61 Å². The Morgan fingerprint density at radius 1 is 1.45 bits per heavy atom. The molecule has 2 N–H and O–H groups in total. The predicted molar refractivity (Wildman–Crippen MR) is 77.3 cm³/mol. The van der Waals surface area contributed by atoms with Gasteiger partial charge in [-0.2, -0.15) is 5.26 Å². The summed E-state index contributed by atoms with van der Waals surface area (Å²) in [6.07, 6.45) is 1.06. The van der Waals surface area contributed by atoms with E-state index in [1.54, 1.807) is 0 Å². The molecule has 0 radical (unpaired) electrons. The highest BCUT2D eigenvalue weighted by Crippen LogP contribution is 2.24. The molecule has 0 aliphatic rings. The molecule has 0 heterocycles. The summed E-state index contributed by atoms with van der Waals surface area (Å²) in [4.78, 5) is 11.4. The zero-order chi connectivity index (χ0) is 14.8. The molecule has 0 fully saturated rings. The third kappa shape index (κ3) is 5.29. The van der Waals surface area contributed by atoms with Crippen LogP contribution in [-0.2, 0) is 4.79 Å². The first kappa shape index (κ1) is 16.0. The van der Waals surface area contributed by atoms with Crippen molar-refractivity contribution >= 4 is 5.91 Å². The highest BCUT2D eigenvalue weighted by molar-refractivity contribution is 5.77. The summed E-state index contributed by atoms with van der Waals surface area (Å²) in [7, 11) is 0. The van der Waals surface area contributed by atoms with Crippen LogP contribution in [0.15, 0.2) is 24.3 Å². The molecule has 1 aromatic carbocycles. The standard InChI is InChI=1S/C15H21N3O2/c1-3-9-17-12(2)13-6-4-5-7-14(13)20-11-15(19)18-10-8-16/h4-7,12,17H,3,9-11H2,1-2H3,(H,18,19). The second kappa shape index (κ2) is 8.94. The largest absolute Gasteiger partial charge is 0.483 e. The molecule has 0 saturated heterocycles. The van der Waals surface area contributed by atoms with Gasteiger partial charge in [-0.3, -0.25) is 4.79 Å². The molecule has 0 bridgehead atoms. The van der Waals surface area contributed by atoms with Crippen molar-refractivity contribution in [1.82, 2.24) is 10.6 Å². The summed E-state index contributed by atoms with van der Waals surface area (Å²) >= 11 is 0. The van der Waals surface area contributed by atoms with Gasteiger partial charge in [0.05, 0.1) is 6.07 Å². The van der Waals surface area contributed by atoms with Crippen LogP contribution in [0.3, 0.4) is 0 Å². The van der Waals surface area contributed by atoms with Crippen molar-refractivity contribution in [2.75, 3.05) is 19.7 Å². The van der Waals surface area contributed by atoms with E-state index < -0.39 is 0 Å². The second-order valence-corrected chi connectivity index (χ2v) is 4.44. The Balaban J connectivity index is 2.61. The number of hydrogen-bond donors (Lipinski definition) is 2. The van der Waals surface area contributed by atoms with Crippen molar-refractivity contribution in [2.24, 2.45) is 0 Å². The van der Waals surface area contributed by atoms with Crippen molar-refractivity contribution in [3.8, 4) is 11.8 Å². The van der Waals surface area contributed by atoms with Gasteiger partial charge < -0.3 is 15.4 Å². The molecule has 1 aromatic rings. The lowest BCUT2D eigenvalue weighted by Crippen LogP contribution is -2.29. The summed E-state index contributed by atoms with van der Waals surface area (Å²) < 4.78 is 5.54. The summed E-state index contributed by atoms with van der Waals surface area (Å²) in [5, 5.41) is 14.2. The number of carbonyl (C=O) groups excluding carboxylic acids is 1. The average Bonchev–Trinajstić information content (AvgIpc) is 2.48. The molecule has 108 valence electrons. The highest BCUT2D eigenvalue weighted by atomic mass is 16.5. The van der Waals surface area contributed by atoms with E-state index in [4.69, 9.17) is 10.00 Å². The van der Waals surface area contributed by atoms with Crippen molar-refractivity contribution in [3.63, 3.8) is 0 Å². The van der Waals surface area contributed by atoms with Crippen molar-refractivity contribution in [2.45, 2.75) is 26.3 Å². The number of carbonyl (C=O) groups is 1. The first-order valence-electron chi connectivity index (χ1n) is 6.77. The quantitative estimate of drug-likeness (QED) is 0.709. The minimum absolute atomic E-state index is 0.00169. The summed E-state index contributed by atoms with van der Waals surface area (Å²) in [6.45, 7) is 5.02. The number of nitrogens with zero attached hydrogens (tertiary/aromatic N) is 1. The van der Waals surface area contributed by atoms with Gasteiger partial charge in [-0.1, -0.05) is 25.1 Å². The van der Waals surface area contributed by atoms with Crippen LogP contribution in [0.25, 0.3) is 0 Å². The van der Waals surface area contributed by atoms with Gasteiger partial charge in [0, 0.05) is 11.6 Å². The Morgan fingerprint density at radius 3 is 2.90 bits per heavy atom. The maximum absolute atomic E-state index is 11.4. The maximum atomic E-state index is 11.4. The van der Waals surface area contributed by atoms with E-state index in [1.165, 1.54) is 0 Å². The van der Waals surface area contributed by atoms with E-state index in [2.05, 4.69) is 24.5 Å². The molecule has 1 unspecified atom stereocenters. The van der Waals surface area contributed by atoms with Crippen LogP contribution in [0, 0.1) is 11.3 Å². The molecule has 0 aliphatic carbocycles. The normalized spacial score (nSPS) is 11.4. The van der Waals surface area contributed by atoms with Crippen LogP contribution in [0.5, 0.6) is 5.75 Å². The monoisotopic (exact) mass is 275 g/mol. The van der Waals surface area contributed by atoms with Gasteiger partial charge in [0.25, 0.3) is 5.91 Å². The van der Waals surface area contributed by atoms with Crippen molar-refractivity contribution in [3.05, 3.63) is 29.8 Å². The topological polar surface area (TPSA) is 74.2 Å². The molecule has 5 nitrogen and oxygen atoms in total. The summed E-state index contributed by atoms with van der Waals surface area (Å²) in [5.74, 6) is 0.395. The number of hydrogen-bond acceptors (Lipinski definition) is 4. The fourth-order valence-corrected chi connectivity index (χ4v) is 1.77. The van der Waals surface area contributed by atoms with Crippen molar-refractivity contribution < 1.29 is 9.53 Å². The van der Waals surface area contributed by atoms with Gasteiger partial charge in [-0.05, 0) is 26.0 Å². The molecule has 0 saturated carbocycles. The van der Waals surface area contributed by atoms with E-state index in [9.17, 15) is 4.79 Å². The summed E-state index contributed by atoms with van der Waals surface area (Å²) in [6, 6.07) is 9.66. The molecule has 1 atom stereocenters. The van der Waals surface area contributed by atoms with Crippen LogP contribution in [0.2, 0.25) is 0 Å². The number of nitrogens with one attached hydrogen (secondary N) is 2. The number of benzene rings is 1. The lowest BCUT2D eigenvalue weighted by molar-refractivity contribution is -0.122. The van der Waals surface area contributed by atoms with E-state index in [-0.39, 0.29) is 25.1 Å². The van der Waals surface area contributed by atoms with Crippen LogP contribution in [-0.4, -0.2) is 25.6 Å². The fraction of sp³-hybridized carbons (Fsp3) is 0.467. The molecule has 1 amide bonds. The number of rotatable bonds is 8. The first-order valence-corrected chi connectivity index (χ1v) is 6.77. The minimum Gasteiger partial charge on any atom is -0.483 e. The van der Waals surface area contributed by atoms with Gasteiger partial charge in [0.1, 0.15) is 12.3 Å². The Kier molecular flexibility index (Phi) is 7.15. The zero-order valence-electron chi connectivity index (χ0n) is 12.0. The van der Waals surface area contributed by atoms with Crippen molar-refractivity contribution in [1.29, 1.82) is 5.26 Å². The van der Waals surface area contributed by atoms with Crippen LogP contribution in [0.1, 0.15) is 31.9 Å². The molecule has 0 aromatic heterocycles. The second-order valence-electron chi connectivity index (χ2n) is 4.44. The number of ether oxygens (including phenoxy) is 1. The molecule has 1 rings (SSSR count). The predicted octanol–water partition coefficient (Wildman–Crippen LogP) is 1.77. The Bertz CT molecular complexity index is 468. The SMILES string of the molecule is CCCNC(C)c1ccccc1OCC(=O)NCC#N. The van der Waals surface area contributed by atoms with Gasteiger partial charge in [0.2, 0.25) is 0 Å². The lowest BCUT2D eigenvalue weighted by Gasteiger charge is -2.17. The molecule has 0 spiro atoms. The third-order valence-electron chi connectivity index (χ3n) is 2.81. The number of nitriles is 1. The Hall–Kier alpha value is -2.06. The maximum Gasteiger partial charge on any atom is 0.258 e. The van der Waals surface area contributed by atoms with E-state index in [1.807, 2.05) is 30.3 Å². The first-order chi connectivity index (χ1) is 9.69. The highest BCUT2D eigenvalue weighted by Gasteiger charge is 2.11. The lowest BCUT2D eigenvalue weighted by atomic mass is 10.1. The molecular weight excluding hydrogens is 254 g/mol. The van der Waals surface area contributed by atoms with Crippen LogP contribution in [0.4, 0.5) is 0 Å². The minimum atomic E-state index is -0.296. The molecular formula is C15H21N3O2. The van der Waals surface area contributed by atoms with Crippen LogP contribution >= 0.6 is 0 Å².